The largest absolute Gasteiger partial charge is 0.457 e. The molecule has 5 aromatic carbocycles. The molecule has 3 heteroatoms. The van der Waals surface area contributed by atoms with Crippen LogP contribution in [0.4, 0.5) is 0 Å². The summed E-state index contributed by atoms with van der Waals surface area (Å²) >= 11 is 3.62. The van der Waals surface area contributed by atoms with Crippen LogP contribution in [0, 0.1) is 11.3 Å². The first-order valence-corrected chi connectivity index (χ1v) is 11.6. The summed E-state index contributed by atoms with van der Waals surface area (Å²) in [5.74, 6) is 1.54. The lowest BCUT2D eigenvalue weighted by Gasteiger charge is -2.39. The molecule has 0 aromatic heterocycles. The van der Waals surface area contributed by atoms with Gasteiger partial charge in [0.15, 0.2) is 0 Å². The second-order valence-electron chi connectivity index (χ2n) is 8.61. The molecule has 7 rings (SSSR count). The van der Waals surface area contributed by atoms with E-state index in [-0.39, 0.29) is 0 Å². The van der Waals surface area contributed by atoms with Crippen molar-refractivity contribution in [3.63, 3.8) is 0 Å². The van der Waals surface area contributed by atoms with E-state index in [9.17, 15) is 5.26 Å². The van der Waals surface area contributed by atoms with Crippen molar-refractivity contribution in [2.75, 3.05) is 0 Å². The summed E-state index contributed by atoms with van der Waals surface area (Å²) in [6, 6.07) is 36.2. The molecule has 1 atom stereocenters. The second-order valence-corrected chi connectivity index (χ2v) is 9.52. The van der Waals surface area contributed by atoms with Gasteiger partial charge in [-0.1, -0.05) is 76.6 Å². The van der Waals surface area contributed by atoms with Gasteiger partial charge in [-0.25, -0.2) is 0 Å². The molecule has 154 valence electrons. The van der Waals surface area contributed by atoms with Crippen molar-refractivity contribution in [3.8, 4) is 28.7 Å². The van der Waals surface area contributed by atoms with Crippen LogP contribution in [0.1, 0.15) is 27.8 Å². The molecule has 0 bridgehead atoms. The predicted octanol–water partition coefficient (Wildman–Crippen LogP) is 7.94. The first-order chi connectivity index (χ1) is 16.2. The van der Waals surface area contributed by atoms with Crippen LogP contribution in [0.3, 0.4) is 0 Å². The molecule has 0 saturated carbocycles. The van der Waals surface area contributed by atoms with Crippen LogP contribution in [0.25, 0.3) is 21.9 Å². The summed E-state index contributed by atoms with van der Waals surface area (Å²) in [5, 5.41) is 12.0. The van der Waals surface area contributed by atoms with Crippen molar-refractivity contribution < 1.29 is 4.74 Å². The van der Waals surface area contributed by atoms with Gasteiger partial charge in [0, 0.05) is 15.6 Å². The lowest BCUT2D eigenvalue weighted by atomic mass is 9.66. The molecule has 0 radical (unpaired) electrons. The maximum absolute atomic E-state index is 9.56. The Balaban J connectivity index is 1.70. The fraction of sp³-hybridized carbons (Fsp3) is 0.0333. The van der Waals surface area contributed by atoms with E-state index in [1.54, 1.807) is 0 Å². The minimum atomic E-state index is -0.520. The third-order valence-corrected chi connectivity index (χ3v) is 7.49. The standard InChI is InChI=1S/C30H16BrNO/c31-21-10-12-26-29(16-21)33-28-13-18(17-32)9-11-25(28)30(26)24-8-4-3-7-22(24)23-14-19-5-1-2-6-20(19)15-27(23)30/h1-16H. The minimum absolute atomic E-state index is 0.520. The molecule has 1 aliphatic heterocycles. The number of halogens is 1. The van der Waals surface area contributed by atoms with Crippen LogP contribution in [0.15, 0.2) is 102 Å². The van der Waals surface area contributed by atoms with Crippen molar-refractivity contribution in [2.45, 2.75) is 5.41 Å². The van der Waals surface area contributed by atoms with E-state index in [1.165, 1.54) is 33.0 Å². The average molecular weight is 486 g/mol. The molecule has 0 N–H and O–H groups in total. The molecule has 1 spiro atoms. The Bertz CT molecular complexity index is 1680. The zero-order valence-electron chi connectivity index (χ0n) is 17.5. The molecule has 1 unspecified atom stereocenters. The fourth-order valence-corrected chi connectivity index (χ4v) is 6.02. The highest BCUT2D eigenvalue weighted by atomic mass is 79.9. The number of nitrogens with zero attached hydrogens (tertiary/aromatic N) is 1. The summed E-state index contributed by atoms with van der Waals surface area (Å²) in [4.78, 5) is 0. The van der Waals surface area contributed by atoms with E-state index in [4.69, 9.17) is 4.74 Å². The third kappa shape index (κ3) is 2.36. The van der Waals surface area contributed by atoms with Crippen LogP contribution in [-0.4, -0.2) is 0 Å². The van der Waals surface area contributed by atoms with Gasteiger partial charge in [-0.05, 0) is 69.4 Å². The maximum atomic E-state index is 9.56. The third-order valence-electron chi connectivity index (χ3n) is 6.99. The molecule has 5 aromatic rings. The molecule has 33 heavy (non-hydrogen) atoms. The summed E-state index contributed by atoms with van der Waals surface area (Å²) < 4.78 is 7.38. The highest BCUT2D eigenvalue weighted by Gasteiger charge is 2.51. The van der Waals surface area contributed by atoms with E-state index in [0.29, 0.717) is 5.56 Å². The van der Waals surface area contributed by atoms with Gasteiger partial charge >= 0.3 is 0 Å². The van der Waals surface area contributed by atoms with Crippen molar-refractivity contribution in [1.29, 1.82) is 5.26 Å². The average Bonchev–Trinajstić information content (AvgIpc) is 3.12. The zero-order chi connectivity index (χ0) is 22.2. The van der Waals surface area contributed by atoms with E-state index >= 15 is 0 Å². The van der Waals surface area contributed by atoms with Gasteiger partial charge in [0.1, 0.15) is 11.5 Å². The lowest BCUT2D eigenvalue weighted by Crippen LogP contribution is -2.32. The van der Waals surface area contributed by atoms with E-state index < -0.39 is 5.41 Å². The summed E-state index contributed by atoms with van der Waals surface area (Å²) in [6.07, 6.45) is 0. The SMILES string of the molecule is N#Cc1ccc2c(c1)Oc1cc(Br)ccc1C21c2ccccc2-c2cc3ccccc3cc21. The normalized spacial score (nSPS) is 17.0. The zero-order valence-corrected chi connectivity index (χ0v) is 19.1. The Morgan fingerprint density at radius 2 is 1.33 bits per heavy atom. The van der Waals surface area contributed by atoms with Gasteiger partial charge in [0.2, 0.25) is 0 Å². The van der Waals surface area contributed by atoms with Gasteiger partial charge in [-0.2, -0.15) is 5.26 Å². The van der Waals surface area contributed by atoms with E-state index in [0.717, 1.165) is 27.1 Å². The number of nitriles is 1. The monoisotopic (exact) mass is 485 g/mol. The van der Waals surface area contributed by atoms with Gasteiger partial charge in [-0.15, -0.1) is 0 Å². The summed E-state index contributed by atoms with van der Waals surface area (Å²) in [6.45, 7) is 0. The van der Waals surface area contributed by atoms with Gasteiger partial charge in [-0.3, -0.25) is 0 Å². The highest BCUT2D eigenvalue weighted by molar-refractivity contribution is 9.10. The fourth-order valence-electron chi connectivity index (χ4n) is 5.68. The van der Waals surface area contributed by atoms with Crippen molar-refractivity contribution in [3.05, 3.63) is 129 Å². The Morgan fingerprint density at radius 3 is 2.15 bits per heavy atom. The number of hydrogen-bond donors (Lipinski definition) is 0. The highest BCUT2D eigenvalue weighted by Crippen LogP contribution is 2.62. The van der Waals surface area contributed by atoms with E-state index in [1.807, 2.05) is 18.2 Å². The Morgan fingerprint density at radius 1 is 0.636 bits per heavy atom. The molecule has 1 heterocycles. The van der Waals surface area contributed by atoms with Gasteiger partial charge in [0.25, 0.3) is 0 Å². The van der Waals surface area contributed by atoms with Crippen LogP contribution >= 0.6 is 15.9 Å². The lowest BCUT2D eigenvalue weighted by molar-refractivity contribution is 0.436. The number of fused-ring (bicyclic) bond motifs is 10. The smallest absolute Gasteiger partial charge is 0.133 e. The van der Waals surface area contributed by atoms with Crippen molar-refractivity contribution >= 4 is 26.7 Å². The van der Waals surface area contributed by atoms with Crippen molar-refractivity contribution in [1.82, 2.24) is 0 Å². The molecule has 2 aliphatic rings. The quantitative estimate of drug-likeness (QED) is 0.218. The number of benzene rings is 5. The number of hydrogen-bond acceptors (Lipinski definition) is 2. The number of rotatable bonds is 0. The number of ether oxygens (including phenoxy) is 1. The Labute approximate surface area is 199 Å². The van der Waals surface area contributed by atoms with Crippen LogP contribution in [0.5, 0.6) is 11.5 Å². The van der Waals surface area contributed by atoms with Gasteiger partial charge < -0.3 is 4.74 Å². The topological polar surface area (TPSA) is 33.0 Å². The first kappa shape index (κ1) is 18.7. The Kier molecular flexibility index (Phi) is 3.72. The van der Waals surface area contributed by atoms with E-state index in [2.05, 4.69) is 101 Å². The molecule has 0 saturated heterocycles. The molecular formula is C30H16BrNO. The van der Waals surface area contributed by atoms with Crippen LogP contribution < -0.4 is 4.74 Å². The van der Waals surface area contributed by atoms with Gasteiger partial charge in [0.05, 0.1) is 17.0 Å². The molecule has 1 aliphatic carbocycles. The first-order valence-electron chi connectivity index (χ1n) is 10.9. The second kappa shape index (κ2) is 6.57. The van der Waals surface area contributed by atoms with Crippen LogP contribution in [0.2, 0.25) is 0 Å². The summed E-state index contributed by atoms with van der Waals surface area (Å²) in [7, 11) is 0. The Hall–Kier alpha value is -3.87. The maximum Gasteiger partial charge on any atom is 0.133 e. The summed E-state index contributed by atoms with van der Waals surface area (Å²) in [5.41, 5.74) is 7.23. The van der Waals surface area contributed by atoms with Crippen molar-refractivity contribution in [2.24, 2.45) is 0 Å². The predicted molar refractivity (Wildman–Crippen MR) is 134 cm³/mol. The minimum Gasteiger partial charge on any atom is -0.457 e. The van der Waals surface area contributed by atoms with Crippen LogP contribution in [-0.2, 0) is 5.41 Å². The molecule has 0 amide bonds. The molecule has 2 nitrogen and oxygen atoms in total. The molecule has 0 fully saturated rings. The molecular weight excluding hydrogens is 470 g/mol.